The number of hydrogen-bond acceptors (Lipinski definition) is 2. The van der Waals surface area contributed by atoms with Gasteiger partial charge < -0.3 is 5.32 Å². The molecule has 1 aromatic carbocycles. The summed E-state index contributed by atoms with van der Waals surface area (Å²) in [6.45, 7) is 6.27. The van der Waals surface area contributed by atoms with E-state index in [1.54, 1.807) is 12.1 Å². The van der Waals surface area contributed by atoms with Gasteiger partial charge in [0.2, 0.25) is 5.91 Å². The van der Waals surface area contributed by atoms with Crippen molar-refractivity contribution in [3.63, 3.8) is 0 Å². The normalized spacial score (nSPS) is 19.1. The van der Waals surface area contributed by atoms with Crippen molar-refractivity contribution in [3.05, 3.63) is 29.3 Å². The van der Waals surface area contributed by atoms with Crippen LogP contribution in [0, 0.1) is 5.92 Å². The highest BCUT2D eigenvalue weighted by molar-refractivity contribution is 6.30. The van der Waals surface area contributed by atoms with E-state index in [1.165, 1.54) is 12.8 Å². The van der Waals surface area contributed by atoms with E-state index < -0.39 is 0 Å². The van der Waals surface area contributed by atoms with Crippen molar-refractivity contribution >= 4 is 23.2 Å². The van der Waals surface area contributed by atoms with Gasteiger partial charge in [-0.15, -0.1) is 0 Å². The fourth-order valence-electron chi connectivity index (χ4n) is 2.36. The van der Waals surface area contributed by atoms with E-state index >= 15 is 0 Å². The third kappa shape index (κ3) is 3.95. The first-order chi connectivity index (χ1) is 9.06. The van der Waals surface area contributed by atoms with Gasteiger partial charge in [0.25, 0.3) is 0 Å². The summed E-state index contributed by atoms with van der Waals surface area (Å²) in [5.74, 6) is 0.833. The summed E-state index contributed by atoms with van der Waals surface area (Å²) in [6, 6.07) is 7.13. The van der Waals surface area contributed by atoms with Gasteiger partial charge in [-0.05, 0) is 63.0 Å². The van der Waals surface area contributed by atoms with Crippen LogP contribution in [0.3, 0.4) is 0 Å². The average Bonchev–Trinajstić information content (AvgIpc) is 2.41. The first-order valence-electron chi connectivity index (χ1n) is 6.87. The van der Waals surface area contributed by atoms with Crippen molar-refractivity contribution in [2.75, 3.05) is 18.4 Å². The topological polar surface area (TPSA) is 32.3 Å². The van der Waals surface area contributed by atoms with Crippen LogP contribution in [0.25, 0.3) is 0 Å². The Morgan fingerprint density at radius 3 is 2.47 bits per heavy atom. The highest BCUT2D eigenvalue weighted by Gasteiger charge is 2.24. The van der Waals surface area contributed by atoms with Gasteiger partial charge in [-0.3, -0.25) is 9.69 Å². The van der Waals surface area contributed by atoms with Gasteiger partial charge in [0, 0.05) is 10.7 Å². The molecule has 0 radical (unpaired) electrons. The van der Waals surface area contributed by atoms with E-state index in [-0.39, 0.29) is 11.9 Å². The van der Waals surface area contributed by atoms with Crippen molar-refractivity contribution in [2.24, 2.45) is 5.92 Å². The molecule has 1 aliphatic rings. The monoisotopic (exact) mass is 280 g/mol. The molecular formula is C15H21ClN2O. The average molecular weight is 281 g/mol. The number of amides is 1. The van der Waals surface area contributed by atoms with Gasteiger partial charge in [-0.25, -0.2) is 0 Å². The summed E-state index contributed by atoms with van der Waals surface area (Å²) in [5.41, 5.74) is 0.798. The number of likely N-dealkylation sites (tertiary alicyclic amines) is 1. The van der Waals surface area contributed by atoms with Crippen LogP contribution >= 0.6 is 11.6 Å². The molecule has 104 valence electrons. The second-order valence-electron chi connectivity index (χ2n) is 5.39. The number of nitrogens with one attached hydrogen (secondary N) is 1. The minimum absolute atomic E-state index is 0.0527. The number of hydrogen-bond donors (Lipinski definition) is 1. The Morgan fingerprint density at radius 2 is 1.89 bits per heavy atom. The molecule has 1 aromatic rings. The van der Waals surface area contributed by atoms with Gasteiger partial charge >= 0.3 is 0 Å². The fourth-order valence-corrected chi connectivity index (χ4v) is 2.49. The smallest absolute Gasteiger partial charge is 0.241 e. The lowest BCUT2D eigenvalue weighted by Crippen LogP contribution is -2.45. The number of carbonyl (C=O) groups excluding carboxylic acids is 1. The van der Waals surface area contributed by atoms with Crippen molar-refractivity contribution in [1.29, 1.82) is 0 Å². The van der Waals surface area contributed by atoms with Crippen molar-refractivity contribution in [1.82, 2.24) is 4.90 Å². The molecule has 1 amide bonds. The molecule has 1 atom stereocenters. The van der Waals surface area contributed by atoms with Crippen molar-refractivity contribution < 1.29 is 4.79 Å². The molecule has 2 rings (SSSR count). The van der Waals surface area contributed by atoms with E-state index in [1.807, 2.05) is 19.1 Å². The molecular weight excluding hydrogens is 260 g/mol. The van der Waals surface area contributed by atoms with E-state index in [0.717, 1.165) is 24.7 Å². The number of benzene rings is 1. The zero-order valence-electron chi connectivity index (χ0n) is 11.5. The quantitative estimate of drug-likeness (QED) is 0.920. The molecule has 4 heteroatoms. The molecule has 19 heavy (non-hydrogen) atoms. The molecule has 1 fully saturated rings. The van der Waals surface area contributed by atoms with Crippen LogP contribution in [0.4, 0.5) is 5.69 Å². The highest BCUT2D eigenvalue weighted by atomic mass is 35.5. The van der Waals surface area contributed by atoms with Crippen LogP contribution in [0.1, 0.15) is 26.7 Å². The summed E-state index contributed by atoms with van der Waals surface area (Å²) in [4.78, 5) is 14.4. The van der Waals surface area contributed by atoms with Gasteiger partial charge in [0.05, 0.1) is 6.04 Å². The third-order valence-corrected chi connectivity index (χ3v) is 4.11. The molecule has 0 aliphatic carbocycles. The number of halogens is 1. The highest BCUT2D eigenvalue weighted by Crippen LogP contribution is 2.19. The lowest BCUT2D eigenvalue weighted by Gasteiger charge is -2.34. The Labute approximate surface area is 119 Å². The van der Waals surface area contributed by atoms with Crippen molar-refractivity contribution in [3.8, 4) is 0 Å². The van der Waals surface area contributed by atoms with Crippen LogP contribution in [0.15, 0.2) is 24.3 Å². The van der Waals surface area contributed by atoms with Crippen molar-refractivity contribution in [2.45, 2.75) is 32.7 Å². The Hall–Kier alpha value is -1.06. The molecule has 0 bridgehead atoms. The molecule has 1 heterocycles. The summed E-state index contributed by atoms with van der Waals surface area (Å²) < 4.78 is 0. The van der Waals surface area contributed by atoms with Crippen LogP contribution in [-0.4, -0.2) is 29.9 Å². The number of piperidine rings is 1. The number of anilines is 1. The van der Waals surface area contributed by atoms with E-state index in [4.69, 9.17) is 11.6 Å². The minimum Gasteiger partial charge on any atom is -0.325 e. The third-order valence-electron chi connectivity index (χ3n) is 3.86. The molecule has 0 saturated carbocycles. The molecule has 1 aliphatic heterocycles. The SMILES string of the molecule is CC1CCN([C@H](C)C(=O)Nc2ccc(Cl)cc2)CC1. The second-order valence-corrected chi connectivity index (χ2v) is 5.83. The molecule has 1 saturated heterocycles. The fraction of sp³-hybridized carbons (Fsp3) is 0.533. The maximum absolute atomic E-state index is 12.2. The first-order valence-corrected chi connectivity index (χ1v) is 7.24. The first kappa shape index (κ1) is 14.4. The lowest BCUT2D eigenvalue weighted by molar-refractivity contribution is -0.121. The van der Waals surface area contributed by atoms with Gasteiger partial charge in [0.1, 0.15) is 0 Å². The maximum Gasteiger partial charge on any atom is 0.241 e. The van der Waals surface area contributed by atoms with E-state index in [0.29, 0.717) is 5.02 Å². The molecule has 1 N–H and O–H groups in total. The van der Waals surface area contributed by atoms with Crippen LogP contribution in [0.5, 0.6) is 0 Å². The predicted molar refractivity (Wildman–Crippen MR) is 79.5 cm³/mol. The minimum atomic E-state index is -0.0804. The van der Waals surface area contributed by atoms with Crippen LogP contribution in [0.2, 0.25) is 5.02 Å². The van der Waals surface area contributed by atoms with Gasteiger partial charge in [-0.1, -0.05) is 18.5 Å². The summed E-state index contributed by atoms with van der Waals surface area (Å²) in [6.07, 6.45) is 2.36. The molecule has 0 aromatic heterocycles. The zero-order valence-corrected chi connectivity index (χ0v) is 12.3. The Kier molecular flexibility index (Phi) is 4.83. The Morgan fingerprint density at radius 1 is 1.32 bits per heavy atom. The summed E-state index contributed by atoms with van der Waals surface area (Å²) in [5, 5.41) is 3.62. The van der Waals surface area contributed by atoms with E-state index in [2.05, 4.69) is 17.1 Å². The summed E-state index contributed by atoms with van der Waals surface area (Å²) in [7, 11) is 0. The molecule has 0 spiro atoms. The lowest BCUT2D eigenvalue weighted by atomic mass is 9.98. The number of nitrogens with zero attached hydrogens (tertiary/aromatic N) is 1. The van der Waals surface area contributed by atoms with Crippen LogP contribution < -0.4 is 5.32 Å². The largest absolute Gasteiger partial charge is 0.325 e. The Bertz CT molecular complexity index is 424. The zero-order chi connectivity index (χ0) is 13.8. The number of carbonyl (C=O) groups is 1. The molecule has 0 unspecified atom stereocenters. The second kappa shape index (κ2) is 6.40. The predicted octanol–water partition coefficient (Wildman–Crippen LogP) is 3.40. The summed E-state index contributed by atoms with van der Waals surface area (Å²) >= 11 is 5.83. The van der Waals surface area contributed by atoms with E-state index in [9.17, 15) is 4.79 Å². The van der Waals surface area contributed by atoms with Gasteiger partial charge in [-0.2, -0.15) is 0 Å². The molecule has 3 nitrogen and oxygen atoms in total. The number of rotatable bonds is 3. The van der Waals surface area contributed by atoms with Crippen LogP contribution in [-0.2, 0) is 4.79 Å². The maximum atomic E-state index is 12.2. The Balaban J connectivity index is 1.90. The standard InChI is InChI=1S/C15H21ClN2O/c1-11-7-9-18(10-8-11)12(2)15(19)17-14-5-3-13(16)4-6-14/h3-6,11-12H,7-10H2,1-2H3,(H,17,19)/t12-/m1/s1. The van der Waals surface area contributed by atoms with Gasteiger partial charge in [0.15, 0.2) is 0 Å².